The molecule has 0 saturated carbocycles. The Morgan fingerprint density at radius 2 is 1.38 bits per heavy atom. The summed E-state index contributed by atoms with van der Waals surface area (Å²) in [6.07, 6.45) is 7.40. The van der Waals surface area contributed by atoms with Gasteiger partial charge < -0.3 is 36.6 Å². The Kier molecular flexibility index (Phi) is 8.43. The summed E-state index contributed by atoms with van der Waals surface area (Å²) in [5, 5.41) is 15.2. The molecule has 6 aromatic rings. The lowest BCUT2D eigenvalue weighted by Crippen LogP contribution is -2.23. The van der Waals surface area contributed by atoms with Crippen LogP contribution in [0.5, 0.6) is 0 Å². The highest BCUT2D eigenvalue weighted by Gasteiger charge is 2.17. The summed E-state index contributed by atoms with van der Waals surface area (Å²) in [5.41, 5.74) is 3.47. The number of aromatic amines is 2. The highest BCUT2D eigenvalue weighted by molar-refractivity contribution is 7.90. The smallest absolute Gasteiger partial charge is 0.268 e. The van der Waals surface area contributed by atoms with E-state index in [1.54, 1.807) is 56.0 Å². The molecule has 0 radical (unpaired) electrons. The molecule has 3 amide bonds. The molecule has 4 heterocycles. The number of H-pyrrole nitrogens is 2. The molecule has 16 nitrogen and oxygen atoms in total. The van der Waals surface area contributed by atoms with E-state index in [0.29, 0.717) is 44.6 Å². The number of anilines is 4. The molecule has 17 heteroatoms. The minimum atomic E-state index is -3.63. The monoisotopic (exact) mass is 667 g/mol. The first kappa shape index (κ1) is 31.6. The molecule has 0 aliphatic rings. The number of benzene rings is 2. The van der Waals surface area contributed by atoms with Crippen LogP contribution < -0.4 is 26.6 Å². The predicted octanol–water partition coefficient (Wildman–Crippen LogP) is 2.77. The Morgan fingerprint density at radius 1 is 0.750 bits per heavy atom. The fraction of sp³-hybridized carbons (Fsp3) is 0.129. The summed E-state index contributed by atoms with van der Waals surface area (Å²) in [4.78, 5) is 60.4. The van der Waals surface area contributed by atoms with Crippen molar-refractivity contribution in [2.24, 2.45) is 0 Å². The van der Waals surface area contributed by atoms with E-state index < -0.39 is 15.7 Å². The summed E-state index contributed by atoms with van der Waals surface area (Å²) in [7, 11) is -0.557. The van der Waals surface area contributed by atoms with Crippen molar-refractivity contribution in [1.82, 2.24) is 45.9 Å². The molecule has 0 aliphatic carbocycles. The van der Waals surface area contributed by atoms with Gasteiger partial charge in [-0.25, -0.2) is 28.4 Å². The fourth-order valence-corrected chi connectivity index (χ4v) is 5.51. The van der Waals surface area contributed by atoms with E-state index in [1.807, 2.05) is 0 Å². The summed E-state index contributed by atoms with van der Waals surface area (Å²) in [6, 6.07) is 11.2. The highest BCUT2D eigenvalue weighted by Crippen LogP contribution is 2.25. The van der Waals surface area contributed by atoms with Crippen LogP contribution in [0.25, 0.3) is 21.8 Å². The molecule has 0 bridgehead atoms. The first-order chi connectivity index (χ1) is 23.0. The second-order valence-corrected chi connectivity index (χ2v) is 12.7. The van der Waals surface area contributed by atoms with E-state index in [1.165, 1.54) is 25.4 Å². The minimum Gasteiger partial charge on any atom is -0.355 e. The number of hydrogen-bond donors (Lipinski definition) is 7. The van der Waals surface area contributed by atoms with E-state index in [4.69, 9.17) is 0 Å². The molecule has 0 saturated heterocycles. The van der Waals surface area contributed by atoms with Crippen LogP contribution >= 0.6 is 0 Å². The maximum absolute atomic E-state index is 13.1. The predicted molar refractivity (Wildman–Crippen MR) is 178 cm³/mol. The number of nitrogens with one attached hydrogen (secondary N) is 7. The second kappa shape index (κ2) is 12.8. The van der Waals surface area contributed by atoms with Crippen molar-refractivity contribution < 1.29 is 22.8 Å². The maximum atomic E-state index is 13.1. The maximum Gasteiger partial charge on any atom is 0.268 e. The largest absolute Gasteiger partial charge is 0.355 e. The second-order valence-electron chi connectivity index (χ2n) is 10.6. The average Bonchev–Trinajstić information content (AvgIpc) is 3.75. The third kappa shape index (κ3) is 6.75. The third-order valence-corrected chi connectivity index (χ3v) is 8.39. The van der Waals surface area contributed by atoms with Crippen LogP contribution in [0.3, 0.4) is 0 Å². The summed E-state index contributed by atoms with van der Waals surface area (Å²) in [5.74, 6) is -0.531. The first-order valence-corrected chi connectivity index (χ1v) is 16.3. The molecule has 0 unspecified atom stereocenters. The molecular weight excluding hydrogens is 638 g/mol. The Labute approximate surface area is 273 Å². The number of sulfone groups is 1. The number of rotatable bonds is 10. The van der Waals surface area contributed by atoms with Gasteiger partial charge in [0.2, 0.25) is 11.9 Å². The molecule has 6 rings (SSSR count). The lowest BCUT2D eigenvalue weighted by Gasteiger charge is -2.11. The molecule has 244 valence electrons. The quantitative estimate of drug-likeness (QED) is 0.112. The van der Waals surface area contributed by atoms with E-state index in [9.17, 15) is 22.8 Å². The Balaban J connectivity index is 1.18. The van der Waals surface area contributed by atoms with Crippen molar-refractivity contribution in [3.05, 3.63) is 89.8 Å². The van der Waals surface area contributed by atoms with Crippen molar-refractivity contribution in [3.63, 3.8) is 0 Å². The number of fused-ring (bicyclic) bond motifs is 2. The van der Waals surface area contributed by atoms with Crippen molar-refractivity contribution in [2.75, 3.05) is 31.0 Å². The van der Waals surface area contributed by atoms with Gasteiger partial charge in [0.25, 0.3) is 17.7 Å². The molecular formula is C31H29N11O5S. The van der Waals surface area contributed by atoms with Gasteiger partial charge in [-0.2, -0.15) is 0 Å². The van der Waals surface area contributed by atoms with Gasteiger partial charge in [0.15, 0.2) is 9.84 Å². The van der Waals surface area contributed by atoms with Crippen LogP contribution in [0.15, 0.2) is 72.1 Å². The normalized spacial score (nSPS) is 11.3. The summed E-state index contributed by atoms with van der Waals surface area (Å²) < 4.78 is 25.0. The van der Waals surface area contributed by atoms with Crippen molar-refractivity contribution in [3.8, 4) is 0 Å². The van der Waals surface area contributed by atoms with Gasteiger partial charge in [0, 0.05) is 68.0 Å². The zero-order chi connectivity index (χ0) is 34.0. The molecule has 48 heavy (non-hydrogen) atoms. The van der Waals surface area contributed by atoms with Gasteiger partial charge in [-0.1, -0.05) is 6.07 Å². The van der Waals surface area contributed by atoms with Crippen LogP contribution in [-0.4, -0.2) is 76.4 Å². The molecule has 0 aliphatic heterocycles. The lowest BCUT2D eigenvalue weighted by molar-refractivity contribution is 0.0942. The van der Waals surface area contributed by atoms with Crippen LogP contribution in [0, 0.1) is 0 Å². The van der Waals surface area contributed by atoms with Crippen LogP contribution in [-0.2, 0) is 16.4 Å². The van der Waals surface area contributed by atoms with Crippen molar-refractivity contribution in [2.45, 2.75) is 11.4 Å². The molecule has 2 aromatic carbocycles. The summed E-state index contributed by atoms with van der Waals surface area (Å²) >= 11 is 0. The van der Waals surface area contributed by atoms with Crippen LogP contribution in [0.4, 0.5) is 23.3 Å². The highest BCUT2D eigenvalue weighted by atomic mass is 32.2. The Bertz CT molecular complexity index is 2330. The molecule has 0 atom stereocenters. The van der Waals surface area contributed by atoms with Crippen molar-refractivity contribution in [1.29, 1.82) is 0 Å². The number of carbonyl (C=O) groups excluding carboxylic acids is 3. The van der Waals surface area contributed by atoms with E-state index in [0.717, 1.165) is 11.6 Å². The molecule has 0 spiro atoms. The van der Waals surface area contributed by atoms with E-state index >= 15 is 0 Å². The first-order valence-electron chi connectivity index (χ1n) is 14.4. The lowest BCUT2D eigenvalue weighted by atomic mass is 10.1. The number of aromatic nitrogens is 6. The van der Waals surface area contributed by atoms with Gasteiger partial charge in [-0.3, -0.25) is 14.4 Å². The molecule has 0 fully saturated rings. The zero-order valence-electron chi connectivity index (χ0n) is 25.8. The van der Waals surface area contributed by atoms with Gasteiger partial charge in [-0.05, 0) is 42.0 Å². The van der Waals surface area contributed by atoms with E-state index in [-0.39, 0.29) is 40.8 Å². The standard InChI is InChI=1S/C31H29N11O5S/c1-32-27(43)16-4-5-17-11-37-30(41-23(17)7-16)39-20-9-26(35-14-20)29(45)36-12-18-6-21(48(3,46)47)10-24-22(18)15-38-31(42-24)40-19-8-25(34-13-19)28(44)33-2/h4-11,13-15,34-35H,12H2,1-3H3,(H,32,43)(H,33,44)(H,36,45)(H,37,39,41)(H,38,40,42). The Morgan fingerprint density at radius 3 is 2.02 bits per heavy atom. The number of nitrogens with zero attached hydrogens (tertiary/aromatic N) is 4. The zero-order valence-corrected chi connectivity index (χ0v) is 26.6. The van der Waals surface area contributed by atoms with Gasteiger partial charge >= 0.3 is 0 Å². The van der Waals surface area contributed by atoms with Gasteiger partial charge in [-0.15, -0.1) is 0 Å². The van der Waals surface area contributed by atoms with Crippen LogP contribution in [0.1, 0.15) is 36.9 Å². The molecule has 7 N–H and O–H groups in total. The third-order valence-electron chi connectivity index (χ3n) is 7.29. The van der Waals surface area contributed by atoms with Crippen LogP contribution in [0.2, 0.25) is 0 Å². The number of carbonyl (C=O) groups is 3. The van der Waals surface area contributed by atoms with Gasteiger partial charge in [0.1, 0.15) is 11.4 Å². The molecule has 4 aromatic heterocycles. The number of amides is 3. The average molecular weight is 668 g/mol. The topological polar surface area (TPSA) is 229 Å². The fourth-order valence-electron chi connectivity index (χ4n) is 4.83. The van der Waals surface area contributed by atoms with Crippen molar-refractivity contribution >= 4 is 72.6 Å². The minimum absolute atomic E-state index is 0.0225. The SMILES string of the molecule is CNC(=O)c1ccc2cnc(Nc3c[nH]c(C(=O)NCc4cc(S(C)(=O)=O)cc5nc(Nc6c[nH]c(C(=O)NC)c6)ncc45)c3)nc2c1. The van der Waals surface area contributed by atoms with E-state index in [2.05, 4.69) is 56.5 Å². The van der Waals surface area contributed by atoms with Gasteiger partial charge in [0.05, 0.1) is 27.3 Å². The Hall–Kier alpha value is -6.36. The summed E-state index contributed by atoms with van der Waals surface area (Å²) in [6.45, 7) is -0.0225. The number of hydrogen-bond acceptors (Lipinski definition) is 11.